The minimum Gasteiger partial charge on any atom is -0.462 e. The quantitative estimate of drug-likeness (QED) is 0.0169. The predicted octanol–water partition coefficient (Wildman–Crippen LogP) is 22.7. The van der Waals surface area contributed by atoms with Crippen molar-refractivity contribution in [1.29, 1.82) is 0 Å². The molecule has 0 amide bonds. The van der Waals surface area contributed by atoms with Gasteiger partial charge < -0.3 is 33.8 Å². The molecule has 0 aliphatic heterocycles. The van der Waals surface area contributed by atoms with E-state index in [9.17, 15) is 43.2 Å². The molecule has 0 aliphatic carbocycles. The molecule has 0 spiro atoms. The number of aliphatic hydroxyl groups is 1. The van der Waals surface area contributed by atoms with Crippen LogP contribution < -0.4 is 0 Å². The fourth-order valence-corrected chi connectivity index (χ4v) is 12.6. The molecule has 5 atom stereocenters. The topological polar surface area (TPSA) is 237 Å². The van der Waals surface area contributed by atoms with Crippen LogP contribution in [0.5, 0.6) is 0 Å². The molecular weight excluding hydrogens is 1280 g/mol. The van der Waals surface area contributed by atoms with E-state index < -0.39 is 97.5 Å². The molecule has 0 heterocycles. The lowest BCUT2D eigenvalue weighted by atomic mass is 10.0. The van der Waals surface area contributed by atoms with Crippen LogP contribution in [0.15, 0.2) is 60.8 Å². The number of unbranched alkanes of at least 4 members (excludes halogenated alkanes) is 39. The molecular formula is C79H144O17P2. The van der Waals surface area contributed by atoms with Gasteiger partial charge in [-0.25, -0.2) is 9.13 Å². The SMILES string of the molecule is CC/C=C\C/C=C\C/C=C\CCCCCCCCCC(=O)OCC(COP(=O)(O)OCC(O)COP(=O)(O)OCC(COC(=O)CCCCCCCCCCCCCCCCC)OC(=O)CCCCCCCCCCCCC)OC(=O)CCCCCCC/C=C\C/C=C\CCCCC. The lowest BCUT2D eigenvalue weighted by molar-refractivity contribution is -0.161. The summed E-state index contributed by atoms with van der Waals surface area (Å²) in [5.41, 5.74) is 0. The Morgan fingerprint density at radius 3 is 0.837 bits per heavy atom. The van der Waals surface area contributed by atoms with Crippen molar-refractivity contribution in [2.24, 2.45) is 0 Å². The molecule has 98 heavy (non-hydrogen) atoms. The normalized spacial score (nSPS) is 14.2. The summed E-state index contributed by atoms with van der Waals surface area (Å²) in [6.07, 6.45) is 70.6. The first-order valence-corrected chi connectivity index (χ1v) is 42.5. The summed E-state index contributed by atoms with van der Waals surface area (Å²) >= 11 is 0. The minimum atomic E-state index is -4.97. The largest absolute Gasteiger partial charge is 0.472 e. The number of rotatable bonds is 75. The van der Waals surface area contributed by atoms with Crippen LogP contribution in [-0.4, -0.2) is 96.7 Å². The van der Waals surface area contributed by atoms with E-state index in [2.05, 4.69) is 88.5 Å². The number of carbonyl (C=O) groups is 4. The number of allylic oxidation sites excluding steroid dienone is 10. The Labute approximate surface area is 597 Å². The number of phosphoric ester groups is 2. The maximum Gasteiger partial charge on any atom is 0.472 e. The zero-order valence-electron chi connectivity index (χ0n) is 62.5. The summed E-state index contributed by atoms with van der Waals surface area (Å²) < 4.78 is 68.5. The van der Waals surface area contributed by atoms with Crippen molar-refractivity contribution in [2.45, 2.75) is 380 Å². The Bertz CT molecular complexity index is 2100. The van der Waals surface area contributed by atoms with Crippen molar-refractivity contribution in [2.75, 3.05) is 39.6 Å². The highest BCUT2D eigenvalue weighted by Crippen LogP contribution is 2.45. The van der Waals surface area contributed by atoms with Gasteiger partial charge in [-0.1, -0.05) is 307 Å². The van der Waals surface area contributed by atoms with E-state index in [-0.39, 0.29) is 25.7 Å². The Morgan fingerprint density at radius 2 is 0.531 bits per heavy atom. The molecule has 0 fully saturated rings. The van der Waals surface area contributed by atoms with Gasteiger partial charge in [-0.05, 0) is 89.9 Å². The molecule has 0 saturated heterocycles. The Kier molecular flexibility index (Phi) is 69.7. The maximum absolute atomic E-state index is 13.1. The number of carbonyl (C=O) groups excluding carboxylic acids is 4. The van der Waals surface area contributed by atoms with Crippen molar-refractivity contribution in [1.82, 2.24) is 0 Å². The van der Waals surface area contributed by atoms with Crippen molar-refractivity contribution in [3.63, 3.8) is 0 Å². The van der Waals surface area contributed by atoms with Gasteiger partial charge in [0.2, 0.25) is 0 Å². The van der Waals surface area contributed by atoms with Crippen LogP contribution in [0.3, 0.4) is 0 Å². The summed E-state index contributed by atoms with van der Waals surface area (Å²) in [5, 5.41) is 10.6. The number of hydrogen-bond donors (Lipinski definition) is 3. The Morgan fingerprint density at radius 1 is 0.296 bits per heavy atom. The second-order valence-electron chi connectivity index (χ2n) is 26.6. The van der Waals surface area contributed by atoms with Crippen LogP contribution in [0.4, 0.5) is 0 Å². The molecule has 5 unspecified atom stereocenters. The molecule has 0 aromatic carbocycles. The van der Waals surface area contributed by atoms with Gasteiger partial charge in [0.25, 0.3) is 0 Å². The highest BCUT2D eigenvalue weighted by Gasteiger charge is 2.30. The van der Waals surface area contributed by atoms with Crippen molar-refractivity contribution in [3.05, 3.63) is 60.8 Å². The van der Waals surface area contributed by atoms with Crippen LogP contribution in [0.1, 0.15) is 362 Å². The first-order valence-electron chi connectivity index (χ1n) is 39.5. The number of aliphatic hydroxyl groups excluding tert-OH is 1. The Hall–Kier alpha value is -3.24. The first kappa shape index (κ1) is 94.8. The van der Waals surface area contributed by atoms with Crippen LogP contribution in [0, 0.1) is 0 Å². The highest BCUT2D eigenvalue weighted by atomic mass is 31.2. The molecule has 0 bridgehead atoms. The van der Waals surface area contributed by atoms with Gasteiger partial charge in [-0.3, -0.25) is 37.3 Å². The van der Waals surface area contributed by atoms with Crippen molar-refractivity contribution in [3.8, 4) is 0 Å². The third-order valence-corrected chi connectivity index (χ3v) is 18.9. The third-order valence-electron chi connectivity index (χ3n) is 17.0. The molecule has 0 aliphatic rings. The minimum absolute atomic E-state index is 0.0803. The van der Waals surface area contributed by atoms with E-state index in [0.717, 1.165) is 154 Å². The number of ether oxygens (including phenoxy) is 4. The smallest absolute Gasteiger partial charge is 0.462 e. The van der Waals surface area contributed by atoms with Gasteiger partial charge in [0.1, 0.15) is 19.3 Å². The predicted molar refractivity (Wildman–Crippen MR) is 400 cm³/mol. The second kappa shape index (κ2) is 72.1. The zero-order valence-corrected chi connectivity index (χ0v) is 64.3. The van der Waals surface area contributed by atoms with Gasteiger partial charge >= 0.3 is 39.5 Å². The van der Waals surface area contributed by atoms with E-state index in [1.807, 2.05) is 0 Å². The number of phosphoric acid groups is 2. The molecule has 17 nitrogen and oxygen atoms in total. The lowest BCUT2D eigenvalue weighted by Crippen LogP contribution is -2.30. The van der Waals surface area contributed by atoms with E-state index >= 15 is 0 Å². The monoisotopic (exact) mass is 1430 g/mol. The van der Waals surface area contributed by atoms with E-state index in [1.165, 1.54) is 128 Å². The van der Waals surface area contributed by atoms with Crippen molar-refractivity contribution < 1.29 is 80.2 Å². The van der Waals surface area contributed by atoms with Crippen LogP contribution in [0.25, 0.3) is 0 Å². The number of esters is 4. The highest BCUT2D eigenvalue weighted by molar-refractivity contribution is 7.47. The van der Waals surface area contributed by atoms with E-state index in [4.69, 9.17) is 37.0 Å². The van der Waals surface area contributed by atoms with Gasteiger partial charge in [-0.15, -0.1) is 0 Å². The van der Waals surface area contributed by atoms with Gasteiger partial charge in [0.05, 0.1) is 26.4 Å². The fraction of sp³-hybridized carbons (Fsp3) is 0.823. The van der Waals surface area contributed by atoms with E-state index in [0.29, 0.717) is 25.7 Å². The molecule has 0 rings (SSSR count). The van der Waals surface area contributed by atoms with Gasteiger partial charge in [0.15, 0.2) is 12.2 Å². The van der Waals surface area contributed by atoms with Crippen molar-refractivity contribution >= 4 is 39.5 Å². The summed E-state index contributed by atoms with van der Waals surface area (Å²) in [6, 6.07) is 0. The fourth-order valence-electron chi connectivity index (χ4n) is 11.0. The average molecular weight is 1430 g/mol. The zero-order chi connectivity index (χ0) is 71.8. The summed E-state index contributed by atoms with van der Waals surface area (Å²) in [4.78, 5) is 72.9. The number of hydrogen-bond acceptors (Lipinski definition) is 15. The summed E-state index contributed by atoms with van der Waals surface area (Å²) in [7, 11) is -9.94. The molecule has 3 N–H and O–H groups in total. The second-order valence-corrected chi connectivity index (χ2v) is 29.5. The van der Waals surface area contributed by atoms with Crippen LogP contribution in [0.2, 0.25) is 0 Å². The third kappa shape index (κ3) is 71.2. The summed E-state index contributed by atoms with van der Waals surface area (Å²) in [6.45, 7) is 4.78. The van der Waals surface area contributed by atoms with E-state index in [1.54, 1.807) is 0 Å². The molecule has 0 saturated carbocycles. The molecule has 0 aromatic rings. The molecule has 572 valence electrons. The first-order chi connectivity index (χ1) is 47.7. The molecule has 0 aromatic heterocycles. The van der Waals surface area contributed by atoms with Gasteiger partial charge in [0, 0.05) is 25.7 Å². The van der Waals surface area contributed by atoms with Crippen LogP contribution in [-0.2, 0) is 65.4 Å². The molecule has 0 radical (unpaired) electrons. The van der Waals surface area contributed by atoms with Gasteiger partial charge in [-0.2, -0.15) is 0 Å². The average Bonchev–Trinajstić information content (AvgIpc) is 0.986. The Balaban J connectivity index is 5.30. The summed E-state index contributed by atoms with van der Waals surface area (Å²) in [5.74, 6) is -2.16. The van der Waals surface area contributed by atoms with Crippen LogP contribution >= 0.6 is 15.6 Å². The standard InChI is InChI=1S/C79H144O17P2/c1-5-9-13-17-21-25-29-32-35-36-39-41-45-48-52-56-60-64-77(82)90-70-75(96-79(84)66-62-58-54-50-46-42-38-34-31-27-23-19-15-11-7-3)72-94-98(87,88)92-68-73(80)67-91-97(85,86)93-71-74(95-78(83)65-61-57-53-49-43-28-24-20-16-12-8-4)69-89-76(81)63-59-55-51-47-44-40-37-33-30-26-22-18-14-10-6-2/h9,13,21,23,25,27,32,34-35,38,73-75,80H,5-8,10-12,14-20,22,24,26,28-31,33,36-37,39-72H2,1-4H3,(H,85,86)(H,87,88)/b13-9-,25-21-,27-23-,35-32-,38-34-. The maximum atomic E-state index is 13.1. The lowest BCUT2D eigenvalue weighted by Gasteiger charge is -2.21. The molecule has 19 heteroatoms.